The first-order valence-corrected chi connectivity index (χ1v) is 11.3. The van der Waals surface area contributed by atoms with Crippen LogP contribution in [0.15, 0.2) is 71.0 Å². The monoisotopic (exact) mass is 463 g/mol. The summed E-state index contributed by atoms with van der Waals surface area (Å²) < 4.78 is 10.9. The Morgan fingerprint density at radius 1 is 1.29 bits per heavy atom. The molecule has 7 nitrogen and oxygen atoms in total. The maximum Gasteiger partial charge on any atom is 0.339 e. The normalized spacial score (nSPS) is 15.7. The molecule has 0 aromatic heterocycles. The average Bonchev–Trinajstić information content (AvgIpc) is 2.87. The summed E-state index contributed by atoms with van der Waals surface area (Å²) in [6, 6.07) is 14.5. The van der Waals surface area contributed by atoms with Gasteiger partial charge in [0.25, 0.3) is 0 Å². The fraction of sp³-hybridized carbons (Fsp3) is 0.333. The van der Waals surface area contributed by atoms with Crippen molar-refractivity contribution >= 4 is 24.1 Å². The molecule has 34 heavy (non-hydrogen) atoms. The first-order chi connectivity index (χ1) is 16.5. The van der Waals surface area contributed by atoms with Crippen molar-refractivity contribution in [3.8, 4) is 5.75 Å². The number of benzene rings is 2. The predicted molar refractivity (Wildman–Crippen MR) is 136 cm³/mol. The minimum atomic E-state index is -0.422. The number of anilines is 2. The molecule has 2 aromatic carbocycles. The summed E-state index contributed by atoms with van der Waals surface area (Å²) >= 11 is 0. The van der Waals surface area contributed by atoms with E-state index < -0.39 is 5.97 Å². The van der Waals surface area contributed by atoms with Crippen molar-refractivity contribution in [2.24, 2.45) is 4.99 Å². The highest BCUT2D eigenvalue weighted by Crippen LogP contribution is 2.37. The van der Waals surface area contributed by atoms with E-state index in [0.717, 1.165) is 40.4 Å². The number of rotatable bonds is 10. The van der Waals surface area contributed by atoms with Crippen LogP contribution in [0.25, 0.3) is 0 Å². The summed E-state index contributed by atoms with van der Waals surface area (Å²) in [5, 5.41) is 12.5. The molecule has 0 spiro atoms. The van der Waals surface area contributed by atoms with E-state index in [9.17, 15) is 4.79 Å². The fourth-order valence-corrected chi connectivity index (χ4v) is 3.99. The van der Waals surface area contributed by atoms with Crippen molar-refractivity contribution in [2.75, 3.05) is 38.8 Å². The molecular formula is C27H33N3O4. The van der Waals surface area contributed by atoms with Crippen molar-refractivity contribution in [3.63, 3.8) is 0 Å². The van der Waals surface area contributed by atoms with Gasteiger partial charge in [-0.05, 0) is 61.9 Å². The maximum atomic E-state index is 12.1. The molecule has 0 aliphatic carbocycles. The smallest absolute Gasteiger partial charge is 0.339 e. The maximum absolute atomic E-state index is 12.1. The van der Waals surface area contributed by atoms with Crippen LogP contribution in [0.3, 0.4) is 0 Å². The van der Waals surface area contributed by atoms with E-state index >= 15 is 0 Å². The lowest BCUT2D eigenvalue weighted by Gasteiger charge is -2.29. The number of nitrogens with zero attached hydrogens (tertiary/aromatic N) is 2. The minimum absolute atomic E-state index is 0.148. The first kappa shape index (κ1) is 25.1. The Hall–Kier alpha value is -3.58. The fourth-order valence-electron chi connectivity index (χ4n) is 3.99. The summed E-state index contributed by atoms with van der Waals surface area (Å²) in [5.74, 6) is 0.704. The Morgan fingerprint density at radius 2 is 2.03 bits per heavy atom. The number of carbonyl (C=O) groups is 1. The number of carbonyl (C=O) groups excluding carboxylic acids is 1. The van der Waals surface area contributed by atoms with Crippen LogP contribution >= 0.6 is 0 Å². The van der Waals surface area contributed by atoms with Crippen molar-refractivity contribution in [2.45, 2.75) is 25.7 Å². The predicted octanol–water partition coefficient (Wildman–Crippen LogP) is 4.11. The van der Waals surface area contributed by atoms with E-state index in [2.05, 4.69) is 52.3 Å². The van der Waals surface area contributed by atoms with E-state index in [-0.39, 0.29) is 12.5 Å². The van der Waals surface area contributed by atoms with Gasteiger partial charge in [-0.3, -0.25) is 4.99 Å². The molecule has 0 radical (unpaired) electrons. The number of hydrogen-bond acceptors (Lipinski definition) is 7. The number of aliphatic hydroxyl groups is 1. The van der Waals surface area contributed by atoms with E-state index in [0.29, 0.717) is 25.1 Å². The van der Waals surface area contributed by atoms with Crippen molar-refractivity contribution in [3.05, 3.63) is 77.1 Å². The SMILES string of the molecule is C=N/C=C\C(C(=O)OC)=C(/C)NC[C@@H]1CCOc2cc(N(C)c3ccc(CCO)cc3)ccc21. The highest BCUT2D eigenvalue weighted by Gasteiger charge is 2.23. The highest BCUT2D eigenvalue weighted by molar-refractivity contribution is 5.92. The zero-order valence-electron chi connectivity index (χ0n) is 20.1. The number of aliphatic imine (C=N–C) groups is 1. The third-order valence-electron chi connectivity index (χ3n) is 6.04. The largest absolute Gasteiger partial charge is 0.493 e. The van der Waals surface area contributed by atoms with Crippen molar-refractivity contribution in [1.82, 2.24) is 5.32 Å². The first-order valence-electron chi connectivity index (χ1n) is 11.3. The van der Waals surface area contributed by atoms with Gasteiger partial charge in [-0.25, -0.2) is 4.79 Å². The number of allylic oxidation sites excluding steroid dienone is 1. The molecule has 180 valence electrons. The van der Waals surface area contributed by atoms with Crippen LogP contribution in [0.5, 0.6) is 5.75 Å². The summed E-state index contributed by atoms with van der Waals surface area (Å²) in [6.45, 7) is 6.71. The molecule has 0 saturated carbocycles. The molecule has 1 heterocycles. The van der Waals surface area contributed by atoms with Crippen LogP contribution in [0.2, 0.25) is 0 Å². The summed E-state index contributed by atoms with van der Waals surface area (Å²) in [6.07, 6.45) is 4.60. The molecule has 7 heteroatoms. The molecule has 1 aliphatic rings. The van der Waals surface area contributed by atoms with Gasteiger partial charge in [0.2, 0.25) is 0 Å². The van der Waals surface area contributed by atoms with Gasteiger partial charge < -0.3 is 24.8 Å². The van der Waals surface area contributed by atoms with E-state index in [4.69, 9.17) is 14.6 Å². The molecule has 0 unspecified atom stereocenters. The van der Waals surface area contributed by atoms with Crippen molar-refractivity contribution in [1.29, 1.82) is 0 Å². The number of methoxy groups -OCH3 is 1. The molecular weight excluding hydrogens is 430 g/mol. The lowest BCUT2D eigenvalue weighted by Crippen LogP contribution is -2.26. The lowest BCUT2D eigenvalue weighted by atomic mass is 9.92. The Balaban J connectivity index is 1.75. The minimum Gasteiger partial charge on any atom is -0.493 e. The van der Waals surface area contributed by atoms with Crippen LogP contribution in [0.1, 0.15) is 30.4 Å². The lowest BCUT2D eigenvalue weighted by molar-refractivity contribution is -0.135. The third kappa shape index (κ3) is 6.05. The summed E-state index contributed by atoms with van der Waals surface area (Å²) in [5.41, 5.74) is 5.50. The molecule has 2 N–H and O–H groups in total. The van der Waals surface area contributed by atoms with Gasteiger partial charge in [0.15, 0.2) is 0 Å². The molecule has 2 aromatic rings. The zero-order valence-corrected chi connectivity index (χ0v) is 20.1. The molecule has 3 rings (SSSR count). The van der Waals surface area contributed by atoms with Crippen LogP contribution < -0.4 is 15.0 Å². The number of fused-ring (bicyclic) bond motifs is 1. The Bertz CT molecular complexity index is 1060. The second-order valence-corrected chi connectivity index (χ2v) is 8.16. The van der Waals surface area contributed by atoms with Gasteiger partial charge in [0.1, 0.15) is 5.75 Å². The second kappa shape index (κ2) is 12.0. The molecule has 1 atom stereocenters. The Morgan fingerprint density at radius 3 is 2.71 bits per heavy atom. The summed E-state index contributed by atoms with van der Waals surface area (Å²) in [7, 11) is 3.39. The van der Waals surface area contributed by atoms with Gasteiger partial charge in [-0.15, -0.1) is 0 Å². The van der Waals surface area contributed by atoms with Crippen LogP contribution in [0, 0.1) is 0 Å². The van der Waals surface area contributed by atoms with E-state index in [1.807, 2.05) is 26.1 Å². The third-order valence-corrected chi connectivity index (χ3v) is 6.04. The molecule has 0 amide bonds. The number of nitrogens with one attached hydrogen (secondary N) is 1. The Kier molecular flexibility index (Phi) is 8.87. The standard InChI is InChI=1S/C27H33N3O4/c1-19(24(11-14-28-2)27(32)33-4)29-18-21-13-16-34-26-17-23(9-10-25(21)26)30(3)22-7-5-20(6-8-22)12-15-31/h5-11,14,17,21,29,31H,2,12-13,15-16,18H2,1,3-4H3/b14-11-,24-19-/t21-/m0/s1. The topological polar surface area (TPSA) is 83.4 Å². The number of esters is 1. The van der Waals surface area contributed by atoms with Gasteiger partial charge in [-0.2, -0.15) is 0 Å². The number of aliphatic hydroxyl groups excluding tert-OH is 1. The van der Waals surface area contributed by atoms with E-state index in [1.165, 1.54) is 13.3 Å². The molecule has 0 bridgehead atoms. The van der Waals surface area contributed by atoms with Gasteiger partial charge in [0, 0.05) is 55.5 Å². The molecule has 1 aliphatic heterocycles. The van der Waals surface area contributed by atoms with Crippen LogP contribution in [-0.4, -0.2) is 51.7 Å². The van der Waals surface area contributed by atoms with Gasteiger partial charge in [-0.1, -0.05) is 18.2 Å². The Labute approximate surface area is 201 Å². The second-order valence-electron chi connectivity index (χ2n) is 8.16. The zero-order chi connectivity index (χ0) is 24.5. The number of hydrogen-bond donors (Lipinski definition) is 2. The van der Waals surface area contributed by atoms with Crippen molar-refractivity contribution < 1.29 is 19.4 Å². The van der Waals surface area contributed by atoms with Crippen LogP contribution in [0.4, 0.5) is 11.4 Å². The van der Waals surface area contributed by atoms with Gasteiger partial charge >= 0.3 is 5.97 Å². The highest BCUT2D eigenvalue weighted by atomic mass is 16.5. The van der Waals surface area contributed by atoms with E-state index in [1.54, 1.807) is 6.08 Å². The molecule has 0 fully saturated rings. The number of ether oxygens (including phenoxy) is 2. The van der Waals surface area contributed by atoms with Gasteiger partial charge in [0.05, 0.1) is 19.3 Å². The summed E-state index contributed by atoms with van der Waals surface area (Å²) in [4.78, 5) is 17.9. The average molecular weight is 464 g/mol. The quantitative estimate of drug-likeness (QED) is 0.239. The molecule has 0 saturated heterocycles. The van der Waals surface area contributed by atoms with Crippen LogP contribution in [-0.2, 0) is 16.0 Å².